The van der Waals surface area contributed by atoms with Crippen molar-refractivity contribution in [2.45, 2.75) is 38.9 Å². The van der Waals surface area contributed by atoms with Crippen molar-refractivity contribution in [1.82, 2.24) is 0 Å². The molecule has 0 bridgehead atoms. The van der Waals surface area contributed by atoms with E-state index in [0.29, 0.717) is 11.3 Å². The van der Waals surface area contributed by atoms with E-state index >= 15 is 0 Å². The van der Waals surface area contributed by atoms with Gasteiger partial charge in [-0.2, -0.15) is 0 Å². The highest BCUT2D eigenvalue weighted by Gasteiger charge is 2.40. The molecule has 0 unspecified atom stereocenters. The summed E-state index contributed by atoms with van der Waals surface area (Å²) in [4.78, 5) is 12.3. The molecule has 1 rings (SSSR count). The minimum Gasteiger partial charge on any atom is -0.516 e. The predicted molar refractivity (Wildman–Crippen MR) is 75.6 cm³/mol. The van der Waals surface area contributed by atoms with Crippen LogP contribution in [0.15, 0.2) is 24.2 Å². The maximum absolute atomic E-state index is 12.3. The van der Waals surface area contributed by atoms with Crippen molar-refractivity contribution in [3.63, 3.8) is 0 Å². The van der Waals surface area contributed by atoms with Gasteiger partial charge in [-0.25, -0.2) is 4.79 Å². The highest BCUT2D eigenvalue weighted by atomic mass is 28.4. The highest BCUT2D eigenvalue weighted by Crippen LogP contribution is 2.37. The third-order valence-electron chi connectivity index (χ3n) is 3.42. The Labute approximate surface area is 112 Å². The minimum absolute atomic E-state index is 0.0472. The molecule has 0 aliphatic heterocycles. The van der Waals surface area contributed by atoms with E-state index in [4.69, 9.17) is 10.5 Å². The molecule has 4 heteroatoms. The molecular weight excluding hydrogens is 244 g/mol. The van der Waals surface area contributed by atoms with E-state index in [9.17, 15) is 4.79 Å². The van der Waals surface area contributed by atoms with Gasteiger partial charge in [0.15, 0.2) is 0 Å². The first-order valence-corrected chi connectivity index (χ1v) is 8.87. The van der Waals surface area contributed by atoms with Crippen LogP contribution in [0.4, 0.5) is 0 Å². The lowest BCUT2D eigenvalue weighted by atomic mass is 10.2. The number of methoxy groups -OCH3 is 1. The normalized spacial score (nSPS) is 12.9. The van der Waals surface area contributed by atoms with Gasteiger partial charge in [0.05, 0.1) is 8.48 Å². The fourth-order valence-corrected chi connectivity index (χ4v) is 2.07. The SMILES string of the molecule is [2H]c1ccc(OC)c(C(=O)O[Si](C)(C)C(C)(C)C)c1. The Balaban J connectivity index is 3.05. The Morgan fingerprint density at radius 2 is 1.94 bits per heavy atom. The van der Waals surface area contributed by atoms with E-state index < -0.39 is 14.3 Å². The lowest BCUT2D eigenvalue weighted by Crippen LogP contribution is -2.42. The lowest BCUT2D eigenvalue weighted by molar-refractivity contribution is 0.0709. The number of hydrogen-bond acceptors (Lipinski definition) is 3. The smallest absolute Gasteiger partial charge is 0.328 e. The Bertz CT molecular complexity index is 478. The molecule has 0 atom stereocenters. The van der Waals surface area contributed by atoms with E-state index in [-0.39, 0.29) is 11.1 Å². The number of para-hydroxylation sites is 1. The Kier molecular flexibility index (Phi) is 3.75. The second kappa shape index (κ2) is 5.14. The molecule has 0 radical (unpaired) electrons. The molecule has 0 saturated carbocycles. The van der Waals surface area contributed by atoms with E-state index in [0.717, 1.165) is 0 Å². The Hall–Kier alpha value is -1.29. The number of rotatable bonds is 3. The number of carbonyl (C=O) groups excluding carboxylic acids is 1. The predicted octanol–water partition coefficient (Wildman–Crippen LogP) is 3.86. The number of carbonyl (C=O) groups is 1. The molecule has 1 aromatic rings. The molecule has 0 fully saturated rings. The van der Waals surface area contributed by atoms with E-state index in [2.05, 4.69) is 20.8 Å². The van der Waals surface area contributed by atoms with Crippen molar-refractivity contribution in [3.8, 4) is 5.75 Å². The summed E-state index contributed by atoms with van der Waals surface area (Å²) in [5, 5.41) is -0.0472. The van der Waals surface area contributed by atoms with Crippen LogP contribution in [0.1, 0.15) is 32.5 Å². The van der Waals surface area contributed by atoms with Crippen LogP contribution in [0.2, 0.25) is 18.1 Å². The summed E-state index contributed by atoms with van der Waals surface area (Å²) in [5.41, 5.74) is 0.319. The molecule has 0 N–H and O–H groups in total. The van der Waals surface area contributed by atoms with Gasteiger partial charge in [0.2, 0.25) is 0 Å². The quantitative estimate of drug-likeness (QED) is 0.780. The van der Waals surface area contributed by atoms with Gasteiger partial charge in [0.1, 0.15) is 11.3 Å². The van der Waals surface area contributed by atoms with Crippen molar-refractivity contribution in [1.29, 1.82) is 0 Å². The van der Waals surface area contributed by atoms with Crippen molar-refractivity contribution >= 4 is 14.3 Å². The zero-order valence-electron chi connectivity index (χ0n) is 13.0. The molecule has 3 nitrogen and oxygen atoms in total. The second-order valence-corrected chi connectivity index (χ2v) is 10.5. The zero-order chi connectivity index (χ0) is 14.8. The summed E-state index contributed by atoms with van der Waals surface area (Å²) in [6.07, 6.45) is 0. The molecule has 0 aliphatic rings. The van der Waals surface area contributed by atoms with Gasteiger partial charge in [-0.05, 0) is 30.3 Å². The monoisotopic (exact) mass is 267 g/mol. The van der Waals surface area contributed by atoms with Crippen LogP contribution >= 0.6 is 0 Å². The summed E-state index contributed by atoms with van der Waals surface area (Å²) >= 11 is 0. The molecule has 100 valence electrons. The fourth-order valence-electron chi connectivity index (χ4n) is 1.19. The number of benzene rings is 1. The molecule has 1 aromatic carbocycles. The van der Waals surface area contributed by atoms with Crippen LogP contribution in [0.3, 0.4) is 0 Å². The largest absolute Gasteiger partial charge is 0.516 e. The molecule has 0 spiro atoms. The standard InChI is InChI=1S/C14H22O3Si/c1-14(2,3)18(5,6)17-13(15)11-9-7-8-10-12(11)16-4/h7-10H,1-6H3/i7D. The summed E-state index contributed by atoms with van der Waals surface area (Å²) in [7, 11) is -0.668. The highest BCUT2D eigenvalue weighted by molar-refractivity contribution is 6.75. The van der Waals surface area contributed by atoms with E-state index in [1.807, 2.05) is 13.1 Å². The molecule has 18 heavy (non-hydrogen) atoms. The van der Waals surface area contributed by atoms with Gasteiger partial charge >= 0.3 is 5.97 Å². The maximum atomic E-state index is 12.3. The number of hydrogen-bond donors (Lipinski definition) is 0. The van der Waals surface area contributed by atoms with Gasteiger partial charge in [-0.15, -0.1) is 0 Å². The van der Waals surface area contributed by atoms with E-state index in [1.165, 1.54) is 13.2 Å². The molecule has 0 saturated heterocycles. The van der Waals surface area contributed by atoms with Gasteiger partial charge < -0.3 is 9.16 Å². The van der Waals surface area contributed by atoms with E-state index in [1.54, 1.807) is 12.1 Å². The van der Waals surface area contributed by atoms with Crippen LogP contribution in [0, 0.1) is 0 Å². The summed E-state index contributed by atoms with van der Waals surface area (Å²) in [6.45, 7) is 10.3. The Morgan fingerprint density at radius 1 is 1.33 bits per heavy atom. The third-order valence-corrected chi connectivity index (χ3v) is 7.73. The topological polar surface area (TPSA) is 35.5 Å². The lowest BCUT2D eigenvalue weighted by Gasteiger charge is -2.35. The first-order chi connectivity index (χ1) is 8.58. The van der Waals surface area contributed by atoms with Gasteiger partial charge in [0.25, 0.3) is 8.32 Å². The molecule has 0 heterocycles. The summed E-state index contributed by atoms with van der Waals surface area (Å²) in [6, 6.07) is 4.95. The fraction of sp³-hybridized carbons (Fsp3) is 0.500. The van der Waals surface area contributed by atoms with Crippen LogP contribution in [0.25, 0.3) is 0 Å². The second-order valence-electron chi connectivity index (χ2n) is 5.78. The van der Waals surface area contributed by atoms with Crippen LogP contribution in [0.5, 0.6) is 5.75 Å². The molecule has 0 amide bonds. The third kappa shape index (κ3) is 3.13. The first kappa shape index (κ1) is 13.1. The average molecular weight is 267 g/mol. The maximum Gasteiger partial charge on any atom is 0.328 e. The van der Waals surface area contributed by atoms with Gasteiger partial charge in [-0.1, -0.05) is 32.9 Å². The number of ether oxygens (including phenoxy) is 1. The molecular formula is C14H22O3Si. The average Bonchev–Trinajstić information content (AvgIpc) is 2.26. The summed E-state index contributed by atoms with van der Waals surface area (Å²) < 4.78 is 18.5. The van der Waals surface area contributed by atoms with Crippen LogP contribution in [-0.2, 0) is 4.43 Å². The minimum atomic E-state index is -2.17. The van der Waals surface area contributed by atoms with Crippen molar-refractivity contribution in [2.75, 3.05) is 7.11 Å². The molecule has 0 aliphatic carbocycles. The van der Waals surface area contributed by atoms with Crippen molar-refractivity contribution in [2.24, 2.45) is 0 Å². The summed E-state index contributed by atoms with van der Waals surface area (Å²) in [5.74, 6) is 0.0391. The van der Waals surface area contributed by atoms with Gasteiger partial charge in [-0.3, -0.25) is 0 Å². The van der Waals surface area contributed by atoms with Crippen molar-refractivity contribution < 1.29 is 15.3 Å². The first-order valence-electron chi connectivity index (χ1n) is 6.46. The van der Waals surface area contributed by atoms with Crippen molar-refractivity contribution in [3.05, 3.63) is 29.8 Å². The van der Waals surface area contributed by atoms with Crippen LogP contribution in [-0.4, -0.2) is 21.4 Å². The zero-order valence-corrected chi connectivity index (χ0v) is 13.0. The van der Waals surface area contributed by atoms with Gasteiger partial charge in [0, 0.05) is 0 Å². The molecule has 0 aromatic heterocycles. The Morgan fingerprint density at radius 3 is 2.44 bits per heavy atom. The van der Waals surface area contributed by atoms with Crippen LogP contribution < -0.4 is 4.74 Å².